The van der Waals surface area contributed by atoms with Gasteiger partial charge in [-0.3, -0.25) is 9.59 Å². The molecule has 136 valence electrons. The van der Waals surface area contributed by atoms with Crippen molar-refractivity contribution in [3.05, 3.63) is 36.5 Å². The van der Waals surface area contributed by atoms with Gasteiger partial charge in [-0.25, -0.2) is 4.98 Å². The van der Waals surface area contributed by atoms with Crippen LogP contribution in [0.5, 0.6) is 0 Å². The molecule has 2 heterocycles. The van der Waals surface area contributed by atoms with E-state index in [0.29, 0.717) is 24.7 Å². The number of amides is 2. The summed E-state index contributed by atoms with van der Waals surface area (Å²) in [5, 5.41) is 5.91. The van der Waals surface area contributed by atoms with Crippen molar-refractivity contribution in [2.24, 2.45) is 0 Å². The lowest BCUT2D eigenvalue weighted by molar-refractivity contribution is -0.129. The second-order valence-electron chi connectivity index (χ2n) is 6.12. The minimum atomic E-state index is -0.120. The number of nitrogens with zero attached hydrogens (tertiary/aromatic N) is 4. The van der Waals surface area contributed by atoms with Crippen LogP contribution in [-0.2, 0) is 9.59 Å². The minimum absolute atomic E-state index is 0.105. The van der Waals surface area contributed by atoms with E-state index in [1.807, 2.05) is 35.2 Å². The van der Waals surface area contributed by atoms with Crippen molar-refractivity contribution in [3.8, 4) is 0 Å². The molecule has 1 aromatic heterocycles. The van der Waals surface area contributed by atoms with Gasteiger partial charge in [0.25, 0.3) is 0 Å². The summed E-state index contributed by atoms with van der Waals surface area (Å²) in [4.78, 5) is 35.4. The molecule has 0 saturated carbocycles. The second-order valence-corrected chi connectivity index (χ2v) is 6.12. The monoisotopic (exact) mass is 354 g/mol. The lowest BCUT2D eigenvalue weighted by Crippen LogP contribution is -2.48. The fraction of sp³-hybridized carbons (Fsp3) is 0.333. The predicted octanol–water partition coefficient (Wildman–Crippen LogP) is 1.85. The van der Waals surface area contributed by atoms with Crippen LogP contribution in [0.3, 0.4) is 0 Å². The number of benzene rings is 1. The number of anilines is 4. The Bertz CT molecular complexity index is 802. The van der Waals surface area contributed by atoms with Crippen LogP contribution in [-0.4, -0.2) is 52.9 Å². The molecule has 1 aliphatic rings. The van der Waals surface area contributed by atoms with Crippen LogP contribution in [0.2, 0.25) is 0 Å². The smallest absolute Gasteiger partial charge is 0.229 e. The molecule has 0 spiro atoms. The second kappa shape index (κ2) is 7.81. The molecule has 1 fully saturated rings. The van der Waals surface area contributed by atoms with Crippen LogP contribution in [0.1, 0.15) is 13.8 Å². The Morgan fingerprint density at radius 2 is 1.77 bits per heavy atom. The van der Waals surface area contributed by atoms with E-state index in [9.17, 15) is 9.59 Å². The number of rotatable bonds is 4. The van der Waals surface area contributed by atoms with Crippen LogP contribution in [0, 0.1) is 0 Å². The fourth-order valence-corrected chi connectivity index (χ4v) is 2.84. The third kappa shape index (κ3) is 4.47. The van der Waals surface area contributed by atoms with Crippen molar-refractivity contribution in [2.45, 2.75) is 13.8 Å². The highest BCUT2D eigenvalue weighted by molar-refractivity contribution is 5.89. The van der Waals surface area contributed by atoms with Gasteiger partial charge in [0.1, 0.15) is 5.82 Å². The summed E-state index contributed by atoms with van der Waals surface area (Å²) in [5.74, 6) is 1.29. The number of hydrogen-bond acceptors (Lipinski definition) is 6. The van der Waals surface area contributed by atoms with Crippen molar-refractivity contribution in [1.82, 2.24) is 14.9 Å². The highest BCUT2D eigenvalue weighted by Gasteiger charge is 2.19. The Hall–Kier alpha value is -3.16. The maximum absolute atomic E-state index is 11.4. The average Bonchev–Trinajstić information content (AvgIpc) is 2.62. The van der Waals surface area contributed by atoms with Gasteiger partial charge in [0.15, 0.2) is 0 Å². The van der Waals surface area contributed by atoms with Crippen molar-refractivity contribution in [1.29, 1.82) is 0 Å². The first-order chi connectivity index (χ1) is 12.5. The normalized spacial score (nSPS) is 14.1. The zero-order chi connectivity index (χ0) is 18.5. The molecule has 2 aromatic rings. The first kappa shape index (κ1) is 17.7. The molecule has 3 rings (SSSR count). The van der Waals surface area contributed by atoms with E-state index in [-0.39, 0.29) is 11.8 Å². The Kier molecular flexibility index (Phi) is 5.31. The van der Waals surface area contributed by atoms with Crippen LogP contribution in [0.15, 0.2) is 36.5 Å². The molecule has 0 aliphatic carbocycles. The Labute approximate surface area is 152 Å². The quantitative estimate of drug-likeness (QED) is 0.871. The summed E-state index contributed by atoms with van der Waals surface area (Å²) in [7, 11) is 0. The van der Waals surface area contributed by atoms with Crippen LogP contribution in [0.4, 0.5) is 23.1 Å². The van der Waals surface area contributed by atoms with Gasteiger partial charge in [0.05, 0.1) is 0 Å². The molecule has 8 nitrogen and oxygen atoms in total. The molecule has 2 N–H and O–H groups in total. The topological polar surface area (TPSA) is 90.5 Å². The molecule has 1 aliphatic heterocycles. The van der Waals surface area contributed by atoms with E-state index in [1.54, 1.807) is 13.1 Å². The molecule has 8 heteroatoms. The standard InChI is InChI=1S/C18H22N6O2/c1-13(25)20-15-4-3-5-16(12-15)21-18-19-7-6-17(22-18)24-10-8-23(9-11-24)14(2)26/h3-7,12H,8-11H2,1-2H3,(H,20,25)(H,19,21,22). The van der Waals surface area contributed by atoms with Crippen molar-refractivity contribution in [2.75, 3.05) is 41.7 Å². The van der Waals surface area contributed by atoms with Gasteiger partial charge in [-0.1, -0.05) is 6.07 Å². The highest BCUT2D eigenvalue weighted by atomic mass is 16.2. The Morgan fingerprint density at radius 1 is 1.04 bits per heavy atom. The molecular formula is C18H22N6O2. The van der Waals surface area contributed by atoms with E-state index in [2.05, 4.69) is 25.5 Å². The minimum Gasteiger partial charge on any atom is -0.353 e. The van der Waals surface area contributed by atoms with Gasteiger partial charge in [-0.2, -0.15) is 4.98 Å². The van der Waals surface area contributed by atoms with Gasteiger partial charge < -0.3 is 20.4 Å². The van der Waals surface area contributed by atoms with Gasteiger partial charge in [-0.15, -0.1) is 0 Å². The van der Waals surface area contributed by atoms with Crippen LogP contribution in [0.25, 0.3) is 0 Å². The number of aromatic nitrogens is 2. The largest absolute Gasteiger partial charge is 0.353 e. The number of carbonyl (C=O) groups excluding carboxylic acids is 2. The zero-order valence-electron chi connectivity index (χ0n) is 14.9. The summed E-state index contributed by atoms with van der Waals surface area (Å²) < 4.78 is 0. The number of hydrogen-bond donors (Lipinski definition) is 2. The first-order valence-electron chi connectivity index (χ1n) is 8.49. The highest BCUT2D eigenvalue weighted by Crippen LogP contribution is 2.20. The van der Waals surface area contributed by atoms with Crippen molar-refractivity contribution in [3.63, 3.8) is 0 Å². The SMILES string of the molecule is CC(=O)Nc1cccc(Nc2nccc(N3CCN(C(C)=O)CC3)n2)c1. The van der Waals surface area contributed by atoms with Gasteiger partial charge >= 0.3 is 0 Å². The number of nitrogens with one attached hydrogen (secondary N) is 2. The summed E-state index contributed by atoms with van der Waals surface area (Å²) in [6, 6.07) is 9.23. The maximum Gasteiger partial charge on any atom is 0.229 e. The van der Waals surface area contributed by atoms with E-state index < -0.39 is 0 Å². The summed E-state index contributed by atoms with van der Waals surface area (Å²) in [5.41, 5.74) is 1.49. The average molecular weight is 354 g/mol. The van der Waals surface area contributed by atoms with Crippen molar-refractivity contribution < 1.29 is 9.59 Å². The van der Waals surface area contributed by atoms with E-state index in [1.165, 1.54) is 6.92 Å². The van der Waals surface area contributed by atoms with E-state index in [4.69, 9.17) is 0 Å². The van der Waals surface area contributed by atoms with Gasteiger partial charge in [-0.05, 0) is 24.3 Å². The van der Waals surface area contributed by atoms with Crippen LogP contribution >= 0.6 is 0 Å². The third-order valence-corrected chi connectivity index (χ3v) is 4.13. The zero-order valence-corrected chi connectivity index (χ0v) is 14.9. The molecule has 1 aromatic carbocycles. The molecule has 26 heavy (non-hydrogen) atoms. The third-order valence-electron chi connectivity index (χ3n) is 4.13. The summed E-state index contributed by atoms with van der Waals surface area (Å²) >= 11 is 0. The summed E-state index contributed by atoms with van der Waals surface area (Å²) in [6.07, 6.45) is 1.71. The predicted molar refractivity (Wildman–Crippen MR) is 101 cm³/mol. The lowest BCUT2D eigenvalue weighted by Gasteiger charge is -2.34. The Morgan fingerprint density at radius 3 is 2.46 bits per heavy atom. The maximum atomic E-state index is 11.4. The summed E-state index contributed by atoms with van der Waals surface area (Å²) in [6.45, 7) is 5.94. The fourth-order valence-electron chi connectivity index (χ4n) is 2.84. The molecule has 0 atom stereocenters. The van der Waals surface area contributed by atoms with E-state index >= 15 is 0 Å². The lowest BCUT2D eigenvalue weighted by atomic mass is 10.2. The van der Waals surface area contributed by atoms with Crippen LogP contribution < -0.4 is 15.5 Å². The molecule has 0 bridgehead atoms. The molecular weight excluding hydrogens is 332 g/mol. The number of piperazine rings is 1. The van der Waals surface area contributed by atoms with Gasteiger partial charge in [0.2, 0.25) is 17.8 Å². The first-order valence-corrected chi connectivity index (χ1v) is 8.49. The number of carbonyl (C=O) groups is 2. The van der Waals surface area contributed by atoms with Gasteiger partial charge in [0, 0.05) is 57.6 Å². The Balaban J connectivity index is 1.68. The van der Waals surface area contributed by atoms with E-state index in [0.717, 1.165) is 24.6 Å². The molecule has 0 unspecified atom stereocenters. The molecule has 2 amide bonds. The molecule has 1 saturated heterocycles. The molecule has 0 radical (unpaired) electrons. The van der Waals surface area contributed by atoms with Crippen molar-refractivity contribution >= 4 is 35.0 Å².